The Kier molecular flexibility index (Phi) is 4.22. The van der Waals surface area contributed by atoms with Gasteiger partial charge in [-0.25, -0.2) is 9.18 Å². The van der Waals surface area contributed by atoms with Crippen LogP contribution < -0.4 is 10.6 Å². The molecule has 0 aromatic heterocycles. The second kappa shape index (κ2) is 5.90. The van der Waals surface area contributed by atoms with E-state index in [2.05, 4.69) is 10.6 Å². The van der Waals surface area contributed by atoms with Crippen molar-refractivity contribution in [2.45, 2.75) is 25.9 Å². The van der Waals surface area contributed by atoms with E-state index in [0.717, 1.165) is 0 Å². The third kappa shape index (κ3) is 2.89. The monoisotopic (exact) mass is 280 g/mol. The molecule has 2 amide bonds. The molecule has 1 fully saturated rings. The second-order valence-corrected chi connectivity index (χ2v) is 4.71. The molecular formula is C14H17FN2O3. The van der Waals surface area contributed by atoms with Crippen molar-refractivity contribution >= 4 is 12.0 Å². The topological polar surface area (TPSA) is 67.4 Å². The molecule has 0 bridgehead atoms. The van der Waals surface area contributed by atoms with Gasteiger partial charge >= 0.3 is 12.0 Å². The lowest BCUT2D eigenvalue weighted by atomic mass is 9.86. The summed E-state index contributed by atoms with van der Waals surface area (Å²) in [6, 6.07) is 4.48. The minimum Gasteiger partial charge on any atom is -0.466 e. The SMILES string of the molecule is CCOC(=O)C1C(C)NC(=O)NC1c1ccc(F)cc1. The molecule has 3 unspecified atom stereocenters. The van der Waals surface area contributed by atoms with Gasteiger partial charge in [0.05, 0.1) is 12.6 Å². The highest BCUT2D eigenvalue weighted by Crippen LogP contribution is 2.29. The van der Waals surface area contributed by atoms with E-state index >= 15 is 0 Å². The lowest BCUT2D eigenvalue weighted by Gasteiger charge is -2.36. The fourth-order valence-electron chi connectivity index (χ4n) is 2.40. The summed E-state index contributed by atoms with van der Waals surface area (Å²) in [4.78, 5) is 23.7. The van der Waals surface area contributed by atoms with Gasteiger partial charge in [0.25, 0.3) is 0 Å². The van der Waals surface area contributed by atoms with E-state index < -0.39 is 12.0 Å². The van der Waals surface area contributed by atoms with Gasteiger partial charge in [-0.1, -0.05) is 12.1 Å². The van der Waals surface area contributed by atoms with Crippen molar-refractivity contribution in [3.63, 3.8) is 0 Å². The Balaban J connectivity index is 2.31. The van der Waals surface area contributed by atoms with Gasteiger partial charge in [0.2, 0.25) is 0 Å². The van der Waals surface area contributed by atoms with Crippen LogP contribution in [-0.2, 0) is 9.53 Å². The van der Waals surface area contributed by atoms with Crippen LogP contribution in [0.1, 0.15) is 25.5 Å². The highest BCUT2D eigenvalue weighted by Gasteiger charge is 2.40. The Labute approximate surface area is 116 Å². The summed E-state index contributed by atoms with van der Waals surface area (Å²) >= 11 is 0. The maximum Gasteiger partial charge on any atom is 0.315 e. The third-order valence-electron chi connectivity index (χ3n) is 3.33. The number of hydrogen-bond acceptors (Lipinski definition) is 3. The Hall–Kier alpha value is -2.11. The van der Waals surface area contributed by atoms with E-state index in [9.17, 15) is 14.0 Å². The predicted octanol–water partition coefficient (Wildman–Crippen LogP) is 1.75. The third-order valence-corrected chi connectivity index (χ3v) is 3.33. The van der Waals surface area contributed by atoms with Crippen molar-refractivity contribution in [3.8, 4) is 0 Å². The lowest BCUT2D eigenvalue weighted by molar-refractivity contribution is -0.150. The minimum absolute atomic E-state index is 0.270. The van der Waals surface area contributed by atoms with Crippen LogP contribution in [0.5, 0.6) is 0 Å². The molecule has 3 atom stereocenters. The van der Waals surface area contributed by atoms with Crippen LogP contribution in [0.2, 0.25) is 0 Å². The van der Waals surface area contributed by atoms with Crippen molar-refractivity contribution in [3.05, 3.63) is 35.6 Å². The Morgan fingerprint density at radius 2 is 1.95 bits per heavy atom. The fourth-order valence-corrected chi connectivity index (χ4v) is 2.40. The van der Waals surface area contributed by atoms with Crippen LogP contribution in [-0.4, -0.2) is 24.6 Å². The summed E-state index contributed by atoms with van der Waals surface area (Å²) in [6.07, 6.45) is 0. The molecule has 0 spiro atoms. The molecule has 0 aliphatic carbocycles. The number of esters is 1. The number of ether oxygens (including phenoxy) is 1. The zero-order valence-electron chi connectivity index (χ0n) is 11.4. The van der Waals surface area contributed by atoms with E-state index in [1.54, 1.807) is 26.0 Å². The van der Waals surface area contributed by atoms with Gasteiger partial charge in [0.15, 0.2) is 0 Å². The Morgan fingerprint density at radius 3 is 2.55 bits per heavy atom. The maximum absolute atomic E-state index is 13.0. The van der Waals surface area contributed by atoms with E-state index in [-0.39, 0.29) is 30.5 Å². The Morgan fingerprint density at radius 1 is 1.30 bits per heavy atom. The average molecular weight is 280 g/mol. The van der Waals surface area contributed by atoms with Gasteiger partial charge in [0, 0.05) is 6.04 Å². The quantitative estimate of drug-likeness (QED) is 0.829. The van der Waals surface area contributed by atoms with Crippen LogP contribution in [0.15, 0.2) is 24.3 Å². The summed E-state index contributed by atoms with van der Waals surface area (Å²) in [6.45, 7) is 3.74. The number of carbonyl (C=O) groups excluding carboxylic acids is 2. The first kappa shape index (κ1) is 14.3. The van der Waals surface area contributed by atoms with Crippen molar-refractivity contribution in [1.82, 2.24) is 10.6 Å². The van der Waals surface area contributed by atoms with Gasteiger partial charge < -0.3 is 15.4 Å². The van der Waals surface area contributed by atoms with Gasteiger partial charge in [0.1, 0.15) is 11.7 Å². The highest BCUT2D eigenvalue weighted by atomic mass is 19.1. The summed E-state index contributed by atoms with van der Waals surface area (Å²) in [5.74, 6) is -1.31. The summed E-state index contributed by atoms with van der Waals surface area (Å²) in [5, 5.41) is 5.35. The largest absolute Gasteiger partial charge is 0.466 e. The number of benzene rings is 1. The van der Waals surface area contributed by atoms with Crippen molar-refractivity contribution in [2.75, 3.05) is 6.61 Å². The van der Waals surface area contributed by atoms with E-state index in [0.29, 0.717) is 5.56 Å². The minimum atomic E-state index is -0.557. The van der Waals surface area contributed by atoms with E-state index in [1.165, 1.54) is 12.1 Å². The molecule has 2 N–H and O–H groups in total. The van der Waals surface area contributed by atoms with Crippen LogP contribution >= 0.6 is 0 Å². The van der Waals surface area contributed by atoms with Gasteiger partial charge in [-0.2, -0.15) is 0 Å². The number of carbonyl (C=O) groups is 2. The molecule has 20 heavy (non-hydrogen) atoms. The normalized spacial score (nSPS) is 25.6. The Bertz CT molecular complexity index is 504. The summed E-state index contributed by atoms with van der Waals surface area (Å²) in [7, 11) is 0. The average Bonchev–Trinajstić information content (AvgIpc) is 2.38. The van der Waals surface area contributed by atoms with Gasteiger partial charge in [-0.3, -0.25) is 4.79 Å². The van der Waals surface area contributed by atoms with Gasteiger partial charge in [-0.15, -0.1) is 0 Å². The first-order valence-electron chi connectivity index (χ1n) is 6.52. The van der Waals surface area contributed by atoms with Crippen LogP contribution in [0.4, 0.5) is 9.18 Å². The zero-order chi connectivity index (χ0) is 14.7. The molecule has 1 heterocycles. The molecule has 0 radical (unpaired) electrons. The van der Waals surface area contributed by atoms with Crippen molar-refractivity contribution in [1.29, 1.82) is 0 Å². The van der Waals surface area contributed by atoms with Crippen LogP contribution in [0.25, 0.3) is 0 Å². The van der Waals surface area contributed by atoms with Crippen molar-refractivity contribution < 1.29 is 18.7 Å². The number of amides is 2. The number of hydrogen-bond donors (Lipinski definition) is 2. The fraction of sp³-hybridized carbons (Fsp3) is 0.429. The first-order chi connectivity index (χ1) is 9.52. The summed E-state index contributed by atoms with van der Waals surface area (Å²) < 4.78 is 18.1. The predicted molar refractivity (Wildman–Crippen MR) is 70.4 cm³/mol. The molecule has 1 saturated heterocycles. The summed E-state index contributed by atoms with van der Waals surface area (Å²) in [5.41, 5.74) is 0.672. The van der Waals surface area contributed by atoms with E-state index in [4.69, 9.17) is 4.74 Å². The molecule has 2 rings (SSSR count). The maximum atomic E-state index is 13.0. The first-order valence-corrected chi connectivity index (χ1v) is 6.52. The highest BCUT2D eigenvalue weighted by molar-refractivity contribution is 5.82. The van der Waals surface area contributed by atoms with Crippen molar-refractivity contribution in [2.24, 2.45) is 5.92 Å². The number of rotatable bonds is 3. The number of halogens is 1. The molecule has 108 valence electrons. The zero-order valence-corrected chi connectivity index (χ0v) is 11.4. The second-order valence-electron chi connectivity index (χ2n) is 4.71. The molecule has 1 aliphatic rings. The molecule has 1 aromatic carbocycles. The standard InChI is InChI=1S/C14H17FN2O3/c1-3-20-13(18)11-8(2)16-14(19)17-12(11)9-4-6-10(15)7-5-9/h4-8,11-12H,3H2,1-2H3,(H2,16,17,19). The molecule has 1 aliphatic heterocycles. The van der Waals surface area contributed by atoms with Crippen LogP contribution in [0.3, 0.4) is 0 Å². The molecule has 6 heteroatoms. The smallest absolute Gasteiger partial charge is 0.315 e. The molecule has 0 saturated carbocycles. The van der Waals surface area contributed by atoms with E-state index in [1.807, 2.05) is 0 Å². The van der Waals surface area contributed by atoms with Crippen LogP contribution in [0, 0.1) is 11.7 Å². The van der Waals surface area contributed by atoms with Gasteiger partial charge in [-0.05, 0) is 31.5 Å². The number of nitrogens with one attached hydrogen (secondary N) is 2. The molecule has 1 aromatic rings. The lowest BCUT2D eigenvalue weighted by Crippen LogP contribution is -2.57. The molecule has 5 nitrogen and oxygen atoms in total. The number of urea groups is 1. The molecular weight excluding hydrogens is 263 g/mol.